The predicted molar refractivity (Wildman–Crippen MR) is 139 cm³/mol. The largest absolute Gasteiger partial charge is 0.494 e. The summed E-state index contributed by atoms with van der Waals surface area (Å²) in [6, 6.07) is 8.16. The molecule has 1 heterocycles. The van der Waals surface area contributed by atoms with E-state index in [1.165, 1.54) is 23.5 Å². The molecule has 190 valence electrons. The fraction of sp³-hybridized carbons (Fsp3) is 0.417. The molecule has 0 aliphatic rings. The number of carbonyl (C=O) groups excluding carboxylic acids is 1. The third-order valence-corrected chi connectivity index (χ3v) is 9.07. The van der Waals surface area contributed by atoms with E-state index in [0.29, 0.717) is 34.5 Å². The molecule has 1 amide bonds. The number of ether oxygens (including phenoxy) is 1. The highest BCUT2D eigenvalue weighted by Crippen LogP contribution is 2.38. The van der Waals surface area contributed by atoms with E-state index in [9.17, 15) is 17.6 Å². The van der Waals surface area contributed by atoms with Gasteiger partial charge in [-0.15, -0.1) is 0 Å². The third-order valence-electron chi connectivity index (χ3n) is 5.71. The molecule has 3 rings (SSSR count). The molecule has 0 saturated heterocycles. The van der Waals surface area contributed by atoms with Crippen LogP contribution in [0.1, 0.15) is 26.7 Å². The Morgan fingerprint density at radius 1 is 1.11 bits per heavy atom. The summed E-state index contributed by atoms with van der Waals surface area (Å²) in [5, 5.41) is 1.01. The number of thiazole rings is 1. The van der Waals surface area contributed by atoms with Crippen LogP contribution in [0.5, 0.6) is 5.75 Å². The summed E-state index contributed by atoms with van der Waals surface area (Å²) in [6.07, 6.45) is 0.161. The van der Waals surface area contributed by atoms with Gasteiger partial charge in [-0.25, -0.2) is 17.8 Å². The van der Waals surface area contributed by atoms with Crippen molar-refractivity contribution < 1.29 is 22.3 Å². The molecule has 0 radical (unpaired) electrons. The first-order valence-electron chi connectivity index (χ1n) is 11.3. The lowest BCUT2D eigenvalue weighted by Gasteiger charge is -2.24. The molecule has 0 saturated carbocycles. The predicted octanol–water partition coefficient (Wildman–Crippen LogP) is 5.03. The van der Waals surface area contributed by atoms with E-state index < -0.39 is 15.7 Å². The van der Waals surface area contributed by atoms with Crippen molar-refractivity contribution in [1.82, 2.24) is 9.88 Å². The van der Waals surface area contributed by atoms with Crippen LogP contribution in [0.25, 0.3) is 10.2 Å². The van der Waals surface area contributed by atoms with Crippen LogP contribution < -0.4 is 9.64 Å². The summed E-state index contributed by atoms with van der Waals surface area (Å²) in [6.45, 7) is 6.84. The smallest absolute Gasteiger partial charge is 0.228 e. The Hall–Kier alpha value is -2.27. The van der Waals surface area contributed by atoms with Gasteiger partial charge in [0.25, 0.3) is 0 Å². The molecule has 0 atom stereocenters. The second-order valence-electron chi connectivity index (χ2n) is 7.87. The molecule has 0 aliphatic carbocycles. The number of rotatable bonds is 12. The number of likely N-dealkylation sites (N-methyl/N-ethyl adjacent to an activating group) is 1. The Morgan fingerprint density at radius 3 is 2.43 bits per heavy atom. The fourth-order valence-electron chi connectivity index (χ4n) is 3.64. The summed E-state index contributed by atoms with van der Waals surface area (Å²) >= 11 is 7.67. The maximum Gasteiger partial charge on any atom is 0.228 e. The molecule has 0 N–H and O–H groups in total. The van der Waals surface area contributed by atoms with Gasteiger partial charge in [0.05, 0.1) is 27.5 Å². The maximum atomic E-state index is 13.3. The monoisotopic (exact) mass is 541 g/mol. The van der Waals surface area contributed by atoms with Gasteiger partial charge < -0.3 is 9.64 Å². The van der Waals surface area contributed by atoms with Crippen LogP contribution in [0.15, 0.2) is 41.3 Å². The van der Waals surface area contributed by atoms with Crippen LogP contribution in [-0.2, 0) is 14.6 Å². The summed E-state index contributed by atoms with van der Waals surface area (Å²) in [7, 11) is -2.08. The van der Waals surface area contributed by atoms with Crippen LogP contribution >= 0.6 is 22.9 Å². The number of hydrogen-bond donors (Lipinski definition) is 0. The van der Waals surface area contributed by atoms with Gasteiger partial charge in [0.15, 0.2) is 15.0 Å². The summed E-state index contributed by atoms with van der Waals surface area (Å²) in [4.78, 5) is 21.8. The van der Waals surface area contributed by atoms with Crippen LogP contribution in [0.2, 0.25) is 5.02 Å². The number of amides is 1. The van der Waals surface area contributed by atoms with E-state index in [1.54, 1.807) is 24.1 Å². The van der Waals surface area contributed by atoms with Crippen molar-refractivity contribution in [1.29, 1.82) is 0 Å². The molecular formula is C24H29ClFN3O4S2. The fourth-order valence-corrected chi connectivity index (χ4v) is 6.25. The Labute approximate surface area is 214 Å². The first kappa shape index (κ1) is 27.3. The Kier molecular flexibility index (Phi) is 9.46. The molecular weight excluding hydrogens is 513 g/mol. The SMILES string of the molecule is CCN(CC)CCN(C(=O)CCCS(=O)(=O)c1ccc(F)cc1)c1nc2c(OC)ccc(Cl)c2s1. The molecule has 0 bridgehead atoms. The number of aromatic nitrogens is 1. The molecule has 11 heteroatoms. The number of benzene rings is 2. The van der Waals surface area contributed by atoms with Crippen LogP contribution in [0.4, 0.5) is 9.52 Å². The summed E-state index contributed by atoms with van der Waals surface area (Å²) < 4.78 is 44.5. The highest BCUT2D eigenvalue weighted by molar-refractivity contribution is 7.91. The standard InChI is InChI=1S/C24H29ClFN3O4S2/c1-4-28(5-2)14-15-29(24-27-22-20(33-3)13-12-19(25)23(22)34-24)21(30)7-6-16-35(31,32)18-10-8-17(26)9-11-18/h8-13H,4-7,14-16H2,1-3H3. The quantitative estimate of drug-likeness (QED) is 0.299. The Morgan fingerprint density at radius 2 is 1.80 bits per heavy atom. The molecule has 3 aromatic rings. The zero-order chi connectivity index (χ0) is 25.6. The van der Waals surface area contributed by atoms with Crippen molar-refractivity contribution >= 4 is 54.0 Å². The number of halogens is 2. The first-order valence-corrected chi connectivity index (χ1v) is 14.2. The number of carbonyl (C=O) groups is 1. The van der Waals surface area contributed by atoms with Crippen molar-refractivity contribution in [2.75, 3.05) is 43.9 Å². The highest BCUT2D eigenvalue weighted by Gasteiger charge is 2.23. The van der Waals surface area contributed by atoms with Gasteiger partial charge in [0, 0.05) is 19.5 Å². The lowest BCUT2D eigenvalue weighted by atomic mass is 10.3. The van der Waals surface area contributed by atoms with Gasteiger partial charge in [-0.1, -0.05) is 36.8 Å². The number of anilines is 1. The van der Waals surface area contributed by atoms with Crippen molar-refractivity contribution in [2.24, 2.45) is 0 Å². The van der Waals surface area contributed by atoms with E-state index >= 15 is 0 Å². The van der Waals surface area contributed by atoms with E-state index in [2.05, 4.69) is 23.7 Å². The normalized spacial score (nSPS) is 11.8. The number of hydrogen-bond acceptors (Lipinski definition) is 7. The lowest BCUT2D eigenvalue weighted by molar-refractivity contribution is -0.118. The topological polar surface area (TPSA) is 79.8 Å². The van der Waals surface area contributed by atoms with Gasteiger partial charge in [0.2, 0.25) is 5.91 Å². The zero-order valence-corrected chi connectivity index (χ0v) is 22.3. The Balaban J connectivity index is 1.80. The van der Waals surface area contributed by atoms with Crippen molar-refractivity contribution in [3.05, 3.63) is 47.2 Å². The first-order chi connectivity index (χ1) is 16.7. The minimum absolute atomic E-state index is 0.0272. The summed E-state index contributed by atoms with van der Waals surface area (Å²) in [5.74, 6) is -0.377. The molecule has 7 nitrogen and oxygen atoms in total. The van der Waals surface area contributed by atoms with Gasteiger partial charge >= 0.3 is 0 Å². The van der Waals surface area contributed by atoms with Crippen molar-refractivity contribution in [3.8, 4) is 5.75 Å². The van der Waals surface area contributed by atoms with Gasteiger partial charge in [-0.05, 0) is 55.9 Å². The molecule has 0 unspecified atom stereocenters. The second-order valence-corrected chi connectivity index (χ2v) is 11.4. The molecule has 2 aromatic carbocycles. The minimum Gasteiger partial charge on any atom is -0.494 e. The molecule has 0 aliphatic heterocycles. The van der Waals surface area contributed by atoms with E-state index in [0.717, 1.165) is 29.9 Å². The molecule has 1 aromatic heterocycles. The van der Waals surface area contributed by atoms with Crippen molar-refractivity contribution in [2.45, 2.75) is 31.6 Å². The van der Waals surface area contributed by atoms with E-state index in [4.69, 9.17) is 16.3 Å². The number of sulfone groups is 1. The molecule has 0 spiro atoms. The van der Waals surface area contributed by atoms with Crippen LogP contribution in [-0.4, -0.2) is 63.3 Å². The molecule has 0 fully saturated rings. The highest BCUT2D eigenvalue weighted by atomic mass is 35.5. The number of methoxy groups -OCH3 is 1. The minimum atomic E-state index is -3.62. The second kappa shape index (κ2) is 12.1. The lowest BCUT2D eigenvalue weighted by Crippen LogP contribution is -2.38. The van der Waals surface area contributed by atoms with Gasteiger partial charge in [0.1, 0.15) is 17.1 Å². The number of fused-ring (bicyclic) bond motifs is 1. The zero-order valence-electron chi connectivity index (χ0n) is 20.0. The average molecular weight is 542 g/mol. The average Bonchev–Trinajstić information content (AvgIpc) is 3.28. The van der Waals surface area contributed by atoms with Crippen LogP contribution in [0, 0.1) is 5.82 Å². The molecule has 35 heavy (non-hydrogen) atoms. The number of nitrogens with zero attached hydrogens (tertiary/aromatic N) is 3. The van der Waals surface area contributed by atoms with Crippen LogP contribution in [0.3, 0.4) is 0 Å². The third kappa shape index (κ3) is 6.69. The Bertz CT molecular complexity index is 1260. The maximum absolute atomic E-state index is 13.3. The van der Waals surface area contributed by atoms with Gasteiger partial charge in [-0.3, -0.25) is 9.69 Å². The van der Waals surface area contributed by atoms with E-state index in [1.807, 2.05) is 0 Å². The summed E-state index contributed by atoms with van der Waals surface area (Å²) in [5.41, 5.74) is 0.583. The van der Waals surface area contributed by atoms with E-state index in [-0.39, 0.29) is 29.4 Å². The van der Waals surface area contributed by atoms with Gasteiger partial charge in [-0.2, -0.15) is 0 Å². The van der Waals surface area contributed by atoms with Crippen molar-refractivity contribution in [3.63, 3.8) is 0 Å².